The van der Waals surface area contributed by atoms with Crippen LogP contribution in [0.15, 0.2) is 100 Å². The first kappa shape index (κ1) is 21.2. The molecule has 8 heteroatoms. The van der Waals surface area contributed by atoms with Crippen LogP contribution < -0.4 is 5.32 Å². The second-order valence-electron chi connectivity index (χ2n) is 8.10. The summed E-state index contributed by atoms with van der Waals surface area (Å²) in [6.07, 6.45) is 3.61. The van der Waals surface area contributed by atoms with E-state index in [1.807, 2.05) is 96.4 Å². The molecule has 6 aromatic rings. The summed E-state index contributed by atoms with van der Waals surface area (Å²) in [5, 5.41) is 12.0. The molecule has 1 N–H and O–H groups in total. The summed E-state index contributed by atoms with van der Waals surface area (Å²) in [5.74, 6) is 2.20. The Morgan fingerprint density at radius 1 is 0.800 bits per heavy atom. The fourth-order valence-electron chi connectivity index (χ4n) is 3.78. The number of para-hydroxylation sites is 1. The van der Waals surface area contributed by atoms with Gasteiger partial charge < -0.3 is 9.73 Å². The van der Waals surface area contributed by atoms with E-state index in [1.165, 1.54) is 5.56 Å². The van der Waals surface area contributed by atoms with Gasteiger partial charge in [0, 0.05) is 33.7 Å². The summed E-state index contributed by atoms with van der Waals surface area (Å²) >= 11 is 3.51. The van der Waals surface area contributed by atoms with Crippen LogP contribution in [0.5, 0.6) is 0 Å². The Morgan fingerprint density at radius 3 is 2.23 bits per heavy atom. The second-order valence-corrected chi connectivity index (χ2v) is 9.01. The number of anilines is 2. The van der Waals surface area contributed by atoms with Gasteiger partial charge in [0.2, 0.25) is 11.7 Å². The Labute approximate surface area is 209 Å². The lowest BCUT2D eigenvalue weighted by molar-refractivity contribution is 0.584. The normalized spacial score (nSPS) is 11.1. The van der Waals surface area contributed by atoms with Gasteiger partial charge in [-0.1, -0.05) is 64.0 Å². The zero-order chi connectivity index (χ0) is 23.8. The van der Waals surface area contributed by atoms with Gasteiger partial charge in [0.05, 0.1) is 5.56 Å². The quantitative estimate of drug-likeness (QED) is 0.264. The van der Waals surface area contributed by atoms with Gasteiger partial charge in [-0.05, 0) is 43.3 Å². The highest BCUT2D eigenvalue weighted by molar-refractivity contribution is 9.10. The van der Waals surface area contributed by atoms with Crippen molar-refractivity contribution in [3.63, 3.8) is 0 Å². The van der Waals surface area contributed by atoms with Crippen molar-refractivity contribution in [3.05, 3.63) is 101 Å². The summed E-state index contributed by atoms with van der Waals surface area (Å²) in [6, 6.07) is 26.0. The monoisotopic (exact) mass is 522 g/mol. The number of halogens is 1. The lowest BCUT2D eigenvalue weighted by Gasteiger charge is -2.09. The van der Waals surface area contributed by atoms with E-state index < -0.39 is 0 Å². The molecule has 3 aromatic heterocycles. The van der Waals surface area contributed by atoms with Crippen molar-refractivity contribution in [2.24, 2.45) is 0 Å². The van der Waals surface area contributed by atoms with E-state index in [-0.39, 0.29) is 0 Å². The van der Waals surface area contributed by atoms with Crippen molar-refractivity contribution < 1.29 is 4.42 Å². The Balaban J connectivity index is 1.46. The molecule has 0 unspecified atom stereocenters. The van der Waals surface area contributed by atoms with Crippen LogP contribution >= 0.6 is 15.9 Å². The number of hydrogen-bond donors (Lipinski definition) is 1. The predicted octanol–water partition coefficient (Wildman–Crippen LogP) is 6.93. The maximum Gasteiger partial charge on any atom is 0.251 e. The number of imidazole rings is 1. The number of fused-ring (bicyclic) bond motifs is 1. The maximum absolute atomic E-state index is 5.99. The van der Waals surface area contributed by atoms with E-state index in [9.17, 15) is 0 Å². The van der Waals surface area contributed by atoms with Crippen molar-refractivity contribution in [2.45, 2.75) is 6.92 Å². The summed E-state index contributed by atoms with van der Waals surface area (Å²) in [6.45, 7) is 2.04. The molecule has 0 aliphatic rings. The highest BCUT2D eigenvalue weighted by Gasteiger charge is 2.18. The van der Waals surface area contributed by atoms with Gasteiger partial charge in [0.25, 0.3) is 5.89 Å². The summed E-state index contributed by atoms with van der Waals surface area (Å²) < 4.78 is 8.90. The van der Waals surface area contributed by atoms with E-state index in [4.69, 9.17) is 9.40 Å². The summed E-state index contributed by atoms with van der Waals surface area (Å²) in [5.41, 5.74) is 5.44. The van der Waals surface area contributed by atoms with Crippen LogP contribution in [-0.2, 0) is 0 Å². The molecule has 0 atom stereocenters. The van der Waals surface area contributed by atoms with Gasteiger partial charge in [0.15, 0.2) is 0 Å². The van der Waals surface area contributed by atoms with Crippen molar-refractivity contribution in [1.82, 2.24) is 24.6 Å². The molecule has 0 saturated carbocycles. The van der Waals surface area contributed by atoms with Crippen LogP contribution in [-0.4, -0.2) is 24.6 Å². The molecule has 0 aliphatic carbocycles. The van der Waals surface area contributed by atoms with Gasteiger partial charge in [-0.25, -0.2) is 9.97 Å². The molecule has 6 rings (SSSR count). The summed E-state index contributed by atoms with van der Waals surface area (Å²) in [7, 11) is 0. The first-order valence-corrected chi connectivity index (χ1v) is 11.8. The highest BCUT2D eigenvalue weighted by Crippen LogP contribution is 2.33. The van der Waals surface area contributed by atoms with E-state index in [0.717, 1.165) is 32.8 Å². The van der Waals surface area contributed by atoms with Crippen LogP contribution in [0.3, 0.4) is 0 Å². The molecule has 35 heavy (non-hydrogen) atoms. The van der Waals surface area contributed by atoms with Crippen molar-refractivity contribution in [1.29, 1.82) is 0 Å². The van der Waals surface area contributed by atoms with Gasteiger partial charge in [-0.2, -0.15) is 0 Å². The number of rotatable bonds is 5. The number of nitrogens with zero attached hydrogens (tertiary/aromatic N) is 5. The van der Waals surface area contributed by atoms with Crippen molar-refractivity contribution in [3.8, 4) is 34.2 Å². The minimum atomic E-state index is 0.388. The fourth-order valence-corrected chi connectivity index (χ4v) is 4.05. The zero-order valence-electron chi connectivity index (χ0n) is 18.7. The minimum absolute atomic E-state index is 0.388. The third kappa shape index (κ3) is 4.20. The highest BCUT2D eigenvalue weighted by atomic mass is 79.9. The SMILES string of the molecule is Cc1ccc(-c2nnc(-c3cnc4nc(-c5ccc(Br)cc5)c(Nc5ccccc5)n4c3)o2)cc1. The molecule has 7 nitrogen and oxygen atoms in total. The minimum Gasteiger partial charge on any atom is -0.416 e. The van der Waals surface area contributed by atoms with Crippen LogP contribution in [0.2, 0.25) is 0 Å². The molecule has 0 radical (unpaired) electrons. The van der Waals surface area contributed by atoms with Gasteiger partial charge >= 0.3 is 0 Å². The average molecular weight is 523 g/mol. The molecule has 0 fully saturated rings. The summed E-state index contributed by atoms with van der Waals surface area (Å²) in [4.78, 5) is 9.40. The van der Waals surface area contributed by atoms with Crippen LogP contribution in [0, 0.1) is 6.92 Å². The first-order chi connectivity index (χ1) is 17.1. The number of nitrogens with one attached hydrogen (secondary N) is 1. The van der Waals surface area contributed by atoms with Gasteiger partial charge in [-0.15, -0.1) is 10.2 Å². The number of aryl methyl sites for hydroxylation is 1. The van der Waals surface area contributed by atoms with Crippen LogP contribution in [0.4, 0.5) is 11.5 Å². The maximum atomic E-state index is 5.99. The van der Waals surface area contributed by atoms with E-state index in [2.05, 4.69) is 36.4 Å². The first-order valence-electron chi connectivity index (χ1n) is 11.0. The predicted molar refractivity (Wildman–Crippen MR) is 139 cm³/mol. The van der Waals surface area contributed by atoms with E-state index >= 15 is 0 Å². The molecule has 0 bridgehead atoms. The van der Waals surface area contributed by atoms with Gasteiger partial charge in [0.1, 0.15) is 11.5 Å². The van der Waals surface area contributed by atoms with Crippen molar-refractivity contribution in [2.75, 3.05) is 5.32 Å². The fraction of sp³-hybridized carbons (Fsp3) is 0.0370. The molecule has 0 spiro atoms. The Morgan fingerprint density at radius 2 is 1.49 bits per heavy atom. The Kier molecular flexibility index (Phi) is 5.35. The Hall–Kier alpha value is -4.30. The number of hydrogen-bond acceptors (Lipinski definition) is 6. The van der Waals surface area contributed by atoms with E-state index in [0.29, 0.717) is 23.1 Å². The lowest BCUT2D eigenvalue weighted by Crippen LogP contribution is -1.98. The second kappa shape index (κ2) is 8.81. The van der Waals surface area contributed by atoms with Crippen LogP contribution in [0.1, 0.15) is 5.56 Å². The number of benzene rings is 3. The van der Waals surface area contributed by atoms with E-state index in [1.54, 1.807) is 6.20 Å². The molecule has 170 valence electrons. The topological polar surface area (TPSA) is 81.1 Å². The lowest BCUT2D eigenvalue weighted by atomic mass is 10.1. The van der Waals surface area contributed by atoms with Crippen molar-refractivity contribution >= 4 is 33.2 Å². The molecule has 0 aliphatic heterocycles. The van der Waals surface area contributed by atoms with Crippen LogP contribution in [0.25, 0.3) is 39.9 Å². The molecule has 3 aromatic carbocycles. The average Bonchev–Trinajstić information content (AvgIpc) is 3.51. The number of aromatic nitrogens is 5. The third-order valence-electron chi connectivity index (χ3n) is 5.60. The molecule has 0 amide bonds. The largest absolute Gasteiger partial charge is 0.416 e. The van der Waals surface area contributed by atoms with Gasteiger partial charge in [-0.3, -0.25) is 4.40 Å². The molecule has 3 heterocycles. The molecule has 0 saturated heterocycles. The standard InChI is InChI=1S/C27H19BrN6O/c1-17-7-9-19(10-8-17)25-32-33-26(35-25)20-15-29-27-31-23(18-11-13-21(28)14-12-18)24(34(27)16-20)30-22-5-3-2-4-6-22/h2-16,30H,1H3. The Bertz CT molecular complexity index is 1620. The zero-order valence-corrected chi connectivity index (χ0v) is 20.3. The molecular weight excluding hydrogens is 504 g/mol. The molecular formula is C27H19BrN6O. The third-order valence-corrected chi connectivity index (χ3v) is 6.13. The smallest absolute Gasteiger partial charge is 0.251 e.